The van der Waals surface area contributed by atoms with Crippen LogP contribution >= 0.6 is 12.2 Å². The molecule has 0 spiro atoms. The van der Waals surface area contributed by atoms with E-state index in [-0.39, 0.29) is 41.0 Å². The normalized spacial score (nSPS) is 24.8. The van der Waals surface area contributed by atoms with Crippen LogP contribution < -0.4 is 10.6 Å². The molecule has 2 N–H and O–H groups in total. The maximum atomic E-state index is 13.8. The van der Waals surface area contributed by atoms with Crippen molar-refractivity contribution >= 4 is 46.3 Å². The van der Waals surface area contributed by atoms with Crippen LogP contribution in [-0.4, -0.2) is 106 Å². The molecule has 2 atom stereocenters. The Morgan fingerprint density at radius 2 is 1.10 bits per heavy atom. The average Bonchev–Trinajstić information content (AvgIpc) is 3.86. The number of benzene rings is 2. The van der Waals surface area contributed by atoms with Crippen LogP contribution in [0.3, 0.4) is 0 Å². The Morgan fingerprint density at radius 3 is 1.60 bits per heavy atom. The van der Waals surface area contributed by atoms with E-state index in [0.717, 1.165) is 115 Å². The van der Waals surface area contributed by atoms with Gasteiger partial charge in [-0.1, -0.05) is 69.3 Å². The van der Waals surface area contributed by atoms with Crippen molar-refractivity contribution in [1.82, 2.24) is 30.2 Å². The summed E-state index contributed by atoms with van der Waals surface area (Å²) in [6.45, 7) is 22.7. The van der Waals surface area contributed by atoms with Gasteiger partial charge in [-0.05, 0) is 200 Å². The van der Waals surface area contributed by atoms with Crippen LogP contribution in [-0.2, 0) is 22.4 Å². The molecule has 6 aliphatic rings. The highest BCUT2D eigenvalue weighted by Crippen LogP contribution is 2.45. The van der Waals surface area contributed by atoms with E-state index in [0.29, 0.717) is 29.6 Å². The third-order valence-electron chi connectivity index (χ3n) is 15.6. The quantitative estimate of drug-likeness (QED) is 0.257. The summed E-state index contributed by atoms with van der Waals surface area (Å²) in [6.07, 6.45) is 13.1. The first-order valence-electron chi connectivity index (χ1n) is 26.0. The van der Waals surface area contributed by atoms with E-state index >= 15 is 0 Å². The highest BCUT2D eigenvalue weighted by molar-refractivity contribution is 7.80. The van der Waals surface area contributed by atoms with Gasteiger partial charge < -0.3 is 30.2 Å². The van der Waals surface area contributed by atoms with Gasteiger partial charge in [-0.3, -0.25) is 9.59 Å². The van der Waals surface area contributed by atoms with Gasteiger partial charge in [0.25, 0.3) is 0 Å². The van der Waals surface area contributed by atoms with E-state index in [4.69, 9.17) is 12.2 Å². The number of thiocarbonyl (C=S) groups is 1. The fourth-order valence-corrected chi connectivity index (χ4v) is 12.8. The molecule has 0 aromatic heterocycles. The number of hydrogen-bond acceptors (Lipinski definition) is 4. The van der Waals surface area contributed by atoms with Gasteiger partial charge in [0.15, 0.2) is 5.11 Å². The Morgan fingerprint density at radius 1 is 0.657 bits per heavy atom. The van der Waals surface area contributed by atoms with E-state index in [9.17, 15) is 14.4 Å². The predicted molar refractivity (Wildman–Crippen MR) is 279 cm³/mol. The van der Waals surface area contributed by atoms with Gasteiger partial charge in [-0.25, -0.2) is 4.79 Å². The summed E-state index contributed by atoms with van der Waals surface area (Å²) < 4.78 is 0. The van der Waals surface area contributed by atoms with Crippen LogP contribution in [0, 0.1) is 29.6 Å². The monoisotopic (exact) mass is 933 g/mol. The van der Waals surface area contributed by atoms with E-state index < -0.39 is 0 Å². The van der Waals surface area contributed by atoms with Gasteiger partial charge in [0, 0.05) is 63.2 Å². The van der Waals surface area contributed by atoms with Gasteiger partial charge in [0.05, 0.1) is 12.1 Å². The van der Waals surface area contributed by atoms with Crippen molar-refractivity contribution in [2.45, 2.75) is 169 Å². The molecule has 0 bridgehead atoms. The van der Waals surface area contributed by atoms with Crippen molar-refractivity contribution in [1.29, 1.82) is 0 Å². The largest absolute Gasteiger partial charge is 0.358 e. The average molecular weight is 933 g/mol. The third-order valence-corrected chi connectivity index (χ3v) is 16.0. The molecular weight excluding hydrogens is 849 g/mol. The van der Waals surface area contributed by atoms with Crippen LogP contribution in [0.5, 0.6) is 0 Å². The summed E-state index contributed by atoms with van der Waals surface area (Å²) in [4.78, 5) is 48.2. The molecule has 2 fully saturated rings. The molecule has 2 heterocycles. The molecule has 366 valence electrons. The van der Waals surface area contributed by atoms with E-state index in [1.165, 1.54) is 44.5 Å². The minimum Gasteiger partial charge on any atom is -0.358 e. The second-order valence-electron chi connectivity index (χ2n) is 23.4. The second-order valence-corrected chi connectivity index (χ2v) is 23.8. The highest BCUT2D eigenvalue weighted by Gasteiger charge is 2.42. The molecule has 10 heteroatoms. The summed E-state index contributed by atoms with van der Waals surface area (Å²) in [5.74, 6) is 2.59. The summed E-state index contributed by atoms with van der Waals surface area (Å²) in [7, 11) is 3.97. The number of fused-ring (bicyclic) bond motifs is 4. The molecule has 8 rings (SSSR count). The van der Waals surface area contributed by atoms with Crippen LogP contribution in [0.15, 0.2) is 59.7 Å². The van der Waals surface area contributed by atoms with Gasteiger partial charge in [0.2, 0.25) is 11.8 Å². The van der Waals surface area contributed by atoms with Gasteiger partial charge in [-0.15, -0.1) is 0 Å². The van der Waals surface area contributed by atoms with Crippen LogP contribution in [0.2, 0.25) is 0 Å². The molecule has 4 aliphatic carbocycles. The fourth-order valence-electron chi connectivity index (χ4n) is 12.4. The van der Waals surface area contributed by atoms with E-state index in [1.807, 2.05) is 32.7 Å². The number of hydrogen-bond donors (Lipinski definition) is 2. The van der Waals surface area contributed by atoms with Crippen LogP contribution in [0.25, 0.3) is 11.1 Å². The van der Waals surface area contributed by atoms with Crippen molar-refractivity contribution < 1.29 is 14.4 Å². The minimum atomic E-state index is -0.227. The van der Waals surface area contributed by atoms with Crippen molar-refractivity contribution in [2.75, 3.05) is 40.3 Å². The van der Waals surface area contributed by atoms with Crippen LogP contribution in [0.4, 0.5) is 4.79 Å². The number of nitrogens with zero attached hydrogens (tertiary/aromatic N) is 4. The highest BCUT2D eigenvalue weighted by atomic mass is 32.1. The predicted octanol–water partition coefficient (Wildman–Crippen LogP) is 10.9. The molecule has 4 amide bonds. The Kier molecular flexibility index (Phi) is 16.1. The zero-order valence-corrected chi connectivity index (χ0v) is 43.9. The molecule has 9 nitrogen and oxygen atoms in total. The maximum absolute atomic E-state index is 13.8. The van der Waals surface area contributed by atoms with Crippen molar-refractivity contribution in [3.05, 3.63) is 81.9 Å². The molecule has 2 aromatic rings. The number of urea groups is 1. The number of carbonyl (C=O) groups excluding carboxylic acids is 3. The van der Waals surface area contributed by atoms with Crippen LogP contribution in [0.1, 0.15) is 155 Å². The molecule has 0 saturated heterocycles. The molecule has 0 radical (unpaired) electrons. The zero-order chi connectivity index (χ0) is 48.4. The molecule has 2 aliphatic heterocycles. The lowest BCUT2D eigenvalue weighted by Gasteiger charge is -2.42. The van der Waals surface area contributed by atoms with Gasteiger partial charge in [-0.2, -0.15) is 0 Å². The number of amides is 4. The van der Waals surface area contributed by atoms with Crippen molar-refractivity contribution in [2.24, 2.45) is 29.6 Å². The Labute approximate surface area is 409 Å². The maximum Gasteiger partial charge on any atom is 0.317 e. The summed E-state index contributed by atoms with van der Waals surface area (Å²) >= 11 is 5.59. The first kappa shape index (κ1) is 50.7. The molecule has 2 aromatic carbocycles. The summed E-state index contributed by atoms with van der Waals surface area (Å²) in [5, 5.41) is 7.27. The molecule has 2 unspecified atom stereocenters. The summed E-state index contributed by atoms with van der Waals surface area (Å²) in [6, 6.07) is 18.1. The van der Waals surface area contributed by atoms with E-state index in [2.05, 4.69) is 122 Å². The second kappa shape index (κ2) is 21.2. The number of carbonyl (C=O) groups is 3. The first-order chi connectivity index (χ1) is 31.7. The minimum absolute atomic E-state index is 0.0126. The van der Waals surface area contributed by atoms with E-state index in [1.54, 1.807) is 0 Å². The number of nitrogens with one attached hydrogen (secondary N) is 2. The SMILES string of the molecule is CC(C)C1C2=C(CCN1C(=O)C1CCC(CN(C)C(=S)NC(C)(C)C)CC1)c1ccccc1C2.CCC1C2=C(CCN1C(=O)C1CCC(CN(C)C(=O)NC(C)(C)C)CC1)c1ccccc1C2. The Balaban J connectivity index is 0.000000199. The topological polar surface area (TPSA) is 88.2 Å². The summed E-state index contributed by atoms with van der Waals surface area (Å²) in [5.41, 5.74) is 11.5. The Hall–Kier alpha value is -4.18. The molecule has 67 heavy (non-hydrogen) atoms. The molecular formula is C57H84N6O3S. The standard InChI is InChI=1S/C29H43N3OS.C28H41N3O2/c1-19(2)26-25-17-22-9-7-8-10-23(22)24(25)15-16-32(26)27(33)21-13-11-20(12-14-21)18-31(6)28(34)30-29(3,4)5;1-6-25-24-17-21-9-7-8-10-22(21)23(24)15-16-31(25)26(32)20-13-11-19(12-14-20)18-30(5)27(33)29-28(2,3)4/h7-10,19-21,26H,11-18H2,1-6H3,(H,30,34);7-10,19-20,25H,6,11-18H2,1-5H3,(H,29,33). The fraction of sp³-hybridized carbons (Fsp3) is 0.649. The lowest BCUT2D eigenvalue weighted by atomic mass is 9.79. The van der Waals surface area contributed by atoms with Crippen molar-refractivity contribution in [3.8, 4) is 0 Å². The third kappa shape index (κ3) is 12.0. The lowest BCUT2D eigenvalue weighted by molar-refractivity contribution is -0.140. The van der Waals surface area contributed by atoms with Crippen molar-refractivity contribution in [3.63, 3.8) is 0 Å². The molecule has 2 saturated carbocycles. The first-order valence-corrected chi connectivity index (χ1v) is 26.4. The zero-order valence-electron chi connectivity index (χ0n) is 43.1. The Bertz CT molecular complexity index is 2180. The smallest absolute Gasteiger partial charge is 0.317 e. The van der Waals surface area contributed by atoms with Gasteiger partial charge in [0.1, 0.15) is 0 Å². The lowest BCUT2D eigenvalue weighted by Crippen LogP contribution is -2.50. The van der Waals surface area contributed by atoms with Gasteiger partial charge >= 0.3 is 6.03 Å². The number of rotatable bonds is 8.